The van der Waals surface area contributed by atoms with E-state index in [2.05, 4.69) is 26.2 Å². The zero-order chi connectivity index (χ0) is 19.9. The standard InChI is InChI=1S/C21H19BrN2O3S/c1-3-27-16-8-6-15(7-9-16)18-13-28-21(23-18)24-20(25)11-5-14-4-10-19(26-2)17(22)12-14/h4-13H,3H2,1-2H3,(H,23,24,25)/b11-5+. The van der Waals surface area contributed by atoms with E-state index in [1.165, 1.54) is 17.4 Å². The van der Waals surface area contributed by atoms with Crippen LogP contribution >= 0.6 is 27.3 Å². The van der Waals surface area contributed by atoms with Gasteiger partial charge in [0.15, 0.2) is 5.13 Å². The maximum atomic E-state index is 12.2. The minimum atomic E-state index is -0.237. The van der Waals surface area contributed by atoms with Gasteiger partial charge in [0.25, 0.3) is 0 Å². The van der Waals surface area contributed by atoms with Crippen LogP contribution in [0.15, 0.2) is 58.4 Å². The molecule has 0 aliphatic rings. The fourth-order valence-corrected chi connectivity index (χ4v) is 3.74. The number of halogens is 1. The Morgan fingerprint density at radius 3 is 2.71 bits per heavy atom. The quantitative estimate of drug-likeness (QED) is 0.465. The van der Waals surface area contributed by atoms with Crippen LogP contribution in [-0.4, -0.2) is 24.6 Å². The fraction of sp³-hybridized carbons (Fsp3) is 0.143. The number of hydrogen-bond acceptors (Lipinski definition) is 5. The molecule has 2 aromatic carbocycles. The molecule has 1 aromatic heterocycles. The SMILES string of the molecule is CCOc1ccc(-c2csc(NC(=O)/C=C/c3ccc(OC)c(Br)c3)n2)cc1. The third-order valence-electron chi connectivity index (χ3n) is 3.80. The van der Waals surface area contributed by atoms with Crippen LogP contribution < -0.4 is 14.8 Å². The molecule has 5 nitrogen and oxygen atoms in total. The number of methoxy groups -OCH3 is 1. The van der Waals surface area contributed by atoms with Gasteiger partial charge in [-0.3, -0.25) is 10.1 Å². The Hall–Kier alpha value is -2.64. The first-order valence-corrected chi connectivity index (χ1v) is 10.3. The zero-order valence-corrected chi connectivity index (χ0v) is 17.8. The summed E-state index contributed by atoms with van der Waals surface area (Å²) >= 11 is 4.81. The van der Waals surface area contributed by atoms with E-state index in [4.69, 9.17) is 9.47 Å². The molecule has 3 aromatic rings. The molecule has 0 saturated heterocycles. The molecule has 0 spiro atoms. The van der Waals surface area contributed by atoms with Gasteiger partial charge in [-0.25, -0.2) is 4.98 Å². The first kappa shape index (κ1) is 20.1. The summed E-state index contributed by atoms with van der Waals surface area (Å²) in [6.07, 6.45) is 3.21. The number of rotatable bonds is 7. The molecule has 1 amide bonds. The second kappa shape index (κ2) is 9.52. The molecule has 0 aliphatic heterocycles. The van der Waals surface area contributed by atoms with Crippen LogP contribution in [0.3, 0.4) is 0 Å². The van der Waals surface area contributed by atoms with Crippen molar-refractivity contribution in [2.45, 2.75) is 6.92 Å². The van der Waals surface area contributed by atoms with Gasteiger partial charge in [0, 0.05) is 17.0 Å². The molecule has 1 heterocycles. The number of anilines is 1. The van der Waals surface area contributed by atoms with Gasteiger partial charge in [-0.2, -0.15) is 0 Å². The van der Waals surface area contributed by atoms with E-state index in [0.29, 0.717) is 11.7 Å². The highest BCUT2D eigenvalue weighted by Crippen LogP contribution is 2.27. The van der Waals surface area contributed by atoms with Crippen molar-refractivity contribution in [1.82, 2.24) is 4.98 Å². The van der Waals surface area contributed by atoms with Crippen molar-refractivity contribution in [3.05, 3.63) is 64.0 Å². The Labute approximate surface area is 176 Å². The van der Waals surface area contributed by atoms with Crippen molar-refractivity contribution >= 4 is 44.4 Å². The number of benzene rings is 2. The molecule has 3 rings (SSSR count). The lowest BCUT2D eigenvalue weighted by molar-refractivity contribution is -0.111. The summed E-state index contributed by atoms with van der Waals surface area (Å²) in [5.74, 6) is 1.33. The molecule has 144 valence electrons. The maximum absolute atomic E-state index is 12.2. The van der Waals surface area contributed by atoms with E-state index in [1.54, 1.807) is 13.2 Å². The number of amides is 1. The third-order valence-corrected chi connectivity index (χ3v) is 5.18. The minimum absolute atomic E-state index is 0.237. The summed E-state index contributed by atoms with van der Waals surface area (Å²) in [6, 6.07) is 13.3. The van der Waals surface area contributed by atoms with Gasteiger partial charge in [0.05, 0.1) is 23.9 Å². The Morgan fingerprint density at radius 1 is 1.25 bits per heavy atom. The van der Waals surface area contributed by atoms with Gasteiger partial charge >= 0.3 is 0 Å². The Kier molecular flexibility index (Phi) is 6.84. The third kappa shape index (κ3) is 5.21. The highest BCUT2D eigenvalue weighted by Gasteiger charge is 2.07. The van der Waals surface area contributed by atoms with Crippen LogP contribution in [0.1, 0.15) is 12.5 Å². The van der Waals surface area contributed by atoms with Gasteiger partial charge < -0.3 is 9.47 Å². The monoisotopic (exact) mass is 458 g/mol. The largest absolute Gasteiger partial charge is 0.496 e. The summed E-state index contributed by atoms with van der Waals surface area (Å²) in [5.41, 5.74) is 2.67. The number of nitrogens with zero attached hydrogens (tertiary/aromatic N) is 1. The first-order chi connectivity index (χ1) is 13.6. The molecule has 7 heteroatoms. The average molecular weight is 459 g/mol. The summed E-state index contributed by atoms with van der Waals surface area (Å²) < 4.78 is 11.5. The van der Waals surface area contributed by atoms with Gasteiger partial charge in [0.2, 0.25) is 5.91 Å². The highest BCUT2D eigenvalue weighted by atomic mass is 79.9. The van der Waals surface area contributed by atoms with Gasteiger partial charge in [0.1, 0.15) is 11.5 Å². The van der Waals surface area contributed by atoms with Crippen molar-refractivity contribution < 1.29 is 14.3 Å². The van der Waals surface area contributed by atoms with Crippen LogP contribution in [0.2, 0.25) is 0 Å². The minimum Gasteiger partial charge on any atom is -0.496 e. The summed E-state index contributed by atoms with van der Waals surface area (Å²) in [5, 5.41) is 5.25. The van der Waals surface area contributed by atoms with E-state index in [9.17, 15) is 4.79 Å². The Bertz CT molecular complexity index is 984. The van der Waals surface area contributed by atoms with E-state index in [1.807, 2.05) is 54.8 Å². The molecule has 0 saturated carbocycles. The number of aromatic nitrogens is 1. The normalized spacial score (nSPS) is 10.8. The lowest BCUT2D eigenvalue weighted by Crippen LogP contribution is -2.07. The van der Waals surface area contributed by atoms with Crippen LogP contribution in [0.4, 0.5) is 5.13 Å². The first-order valence-electron chi connectivity index (χ1n) is 8.60. The van der Waals surface area contributed by atoms with Crippen LogP contribution in [-0.2, 0) is 4.79 Å². The molecule has 28 heavy (non-hydrogen) atoms. The van der Waals surface area contributed by atoms with Gasteiger partial charge in [-0.15, -0.1) is 11.3 Å². The second-order valence-electron chi connectivity index (χ2n) is 5.71. The number of nitrogens with one attached hydrogen (secondary N) is 1. The maximum Gasteiger partial charge on any atom is 0.250 e. The molecule has 0 unspecified atom stereocenters. The summed E-state index contributed by atoms with van der Waals surface area (Å²) in [4.78, 5) is 16.6. The molecule has 0 aliphatic carbocycles. The molecule has 0 bridgehead atoms. The van der Waals surface area contributed by atoms with Crippen molar-refractivity contribution in [2.75, 3.05) is 19.0 Å². The number of thiazole rings is 1. The van der Waals surface area contributed by atoms with Crippen molar-refractivity contribution in [1.29, 1.82) is 0 Å². The molecule has 0 fully saturated rings. The van der Waals surface area contributed by atoms with E-state index in [-0.39, 0.29) is 5.91 Å². The number of carbonyl (C=O) groups is 1. The smallest absolute Gasteiger partial charge is 0.250 e. The lowest BCUT2D eigenvalue weighted by Gasteiger charge is -2.03. The lowest BCUT2D eigenvalue weighted by atomic mass is 10.2. The van der Waals surface area contributed by atoms with E-state index in [0.717, 1.165) is 32.8 Å². The topological polar surface area (TPSA) is 60.5 Å². The van der Waals surface area contributed by atoms with Crippen molar-refractivity contribution in [3.63, 3.8) is 0 Å². The van der Waals surface area contributed by atoms with Gasteiger partial charge in [-0.1, -0.05) is 6.07 Å². The van der Waals surface area contributed by atoms with E-state index >= 15 is 0 Å². The van der Waals surface area contributed by atoms with Crippen LogP contribution in [0.25, 0.3) is 17.3 Å². The van der Waals surface area contributed by atoms with Crippen molar-refractivity contribution in [2.24, 2.45) is 0 Å². The number of hydrogen-bond donors (Lipinski definition) is 1. The summed E-state index contributed by atoms with van der Waals surface area (Å²) in [7, 11) is 1.61. The molecule has 1 N–H and O–H groups in total. The number of carbonyl (C=O) groups excluding carboxylic acids is 1. The Morgan fingerprint density at radius 2 is 2.04 bits per heavy atom. The van der Waals surface area contributed by atoms with Crippen LogP contribution in [0.5, 0.6) is 11.5 Å². The average Bonchev–Trinajstić information content (AvgIpc) is 3.16. The number of ether oxygens (including phenoxy) is 2. The second-order valence-corrected chi connectivity index (χ2v) is 7.42. The predicted molar refractivity (Wildman–Crippen MR) is 117 cm³/mol. The van der Waals surface area contributed by atoms with Crippen molar-refractivity contribution in [3.8, 4) is 22.8 Å². The zero-order valence-electron chi connectivity index (χ0n) is 15.4. The highest BCUT2D eigenvalue weighted by molar-refractivity contribution is 9.10. The molecular formula is C21H19BrN2O3S. The van der Waals surface area contributed by atoms with E-state index < -0.39 is 0 Å². The summed E-state index contributed by atoms with van der Waals surface area (Å²) in [6.45, 7) is 2.58. The predicted octanol–water partition coefficient (Wildman–Crippen LogP) is 5.63. The van der Waals surface area contributed by atoms with Crippen LogP contribution in [0, 0.1) is 0 Å². The Balaban J connectivity index is 1.62. The van der Waals surface area contributed by atoms with Gasteiger partial charge in [-0.05, 0) is 70.9 Å². The molecular weight excluding hydrogens is 440 g/mol. The molecule has 0 radical (unpaired) electrons. The molecule has 0 atom stereocenters. The fourth-order valence-electron chi connectivity index (χ4n) is 2.46.